The van der Waals surface area contributed by atoms with E-state index in [1.807, 2.05) is 14.0 Å². The molecule has 0 radical (unpaired) electrons. The molecule has 3 N–H and O–H groups in total. The first-order chi connectivity index (χ1) is 9.38. The number of hydrogen-bond acceptors (Lipinski definition) is 5. The van der Waals surface area contributed by atoms with Crippen LogP contribution in [0.25, 0.3) is 0 Å². The highest BCUT2D eigenvalue weighted by Crippen LogP contribution is 2.17. The lowest BCUT2D eigenvalue weighted by Crippen LogP contribution is -2.45. The molecule has 6 nitrogen and oxygen atoms in total. The molecule has 2 rings (SSSR count). The van der Waals surface area contributed by atoms with Gasteiger partial charge in [-0.25, -0.2) is 13.1 Å². The van der Waals surface area contributed by atoms with Crippen LogP contribution in [0, 0.1) is 6.92 Å². The maximum Gasteiger partial charge on any atom is 0.240 e. The number of nitrogens with one attached hydrogen (secondary N) is 1. The van der Waals surface area contributed by atoms with Crippen molar-refractivity contribution in [3.63, 3.8) is 0 Å². The van der Waals surface area contributed by atoms with Crippen molar-refractivity contribution in [3.05, 3.63) is 23.8 Å². The maximum atomic E-state index is 12.2. The molecule has 0 amide bonds. The first kappa shape index (κ1) is 15.2. The molecule has 1 atom stereocenters. The first-order valence-corrected chi connectivity index (χ1v) is 8.03. The van der Waals surface area contributed by atoms with Crippen molar-refractivity contribution in [3.8, 4) is 0 Å². The summed E-state index contributed by atoms with van der Waals surface area (Å²) >= 11 is 0. The second-order valence-electron chi connectivity index (χ2n) is 5.13. The summed E-state index contributed by atoms with van der Waals surface area (Å²) in [4.78, 5) is 2.30. The van der Waals surface area contributed by atoms with Gasteiger partial charge in [0.1, 0.15) is 0 Å². The minimum atomic E-state index is -3.54. The number of nitrogens with zero attached hydrogens (tertiary/aromatic N) is 1. The number of likely N-dealkylation sites (N-methyl/N-ethyl adjacent to an activating group) is 1. The van der Waals surface area contributed by atoms with Gasteiger partial charge in [0.2, 0.25) is 10.0 Å². The second kappa shape index (κ2) is 6.09. The van der Waals surface area contributed by atoms with Gasteiger partial charge in [0.15, 0.2) is 0 Å². The quantitative estimate of drug-likeness (QED) is 0.775. The Morgan fingerprint density at radius 3 is 2.90 bits per heavy atom. The molecule has 0 aliphatic carbocycles. The SMILES string of the molecule is Cc1ccc(S(=O)(=O)NCC2CN(C)CCO2)cc1N. The molecular weight excluding hydrogens is 278 g/mol. The summed E-state index contributed by atoms with van der Waals surface area (Å²) in [6.45, 7) is 4.32. The Bertz CT molecular complexity index is 574. The van der Waals surface area contributed by atoms with E-state index in [-0.39, 0.29) is 17.5 Å². The van der Waals surface area contributed by atoms with Gasteiger partial charge in [-0.15, -0.1) is 0 Å². The number of benzene rings is 1. The van der Waals surface area contributed by atoms with E-state index in [0.29, 0.717) is 12.3 Å². The van der Waals surface area contributed by atoms with Gasteiger partial charge in [0.25, 0.3) is 0 Å². The molecule has 1 aromatic rings. The average molecular weight is 299 g/mol. The van der Waals surface area contributed by atoms with Crippen LogP contribution in [0.4, 0.5) is 5.69 Å². The van der Waals surface area contributed by atoms with Gasteiger partial charge < -0.3 is 15.4 Å². The molecule has 1 fully saturated rings. The number of ether oxygens (including phenoxy) is 1. The molecule has 1 aromatic carbocycles. The topological polar surface area (TPSA) is 84.7 Å². The summed E-state index contributed by atoms with van der Waals surface area (Å²) in [5.74, 6) is 0. The fourth-order valence-corrected chi connectivity index (χ4v) is 3.16. The lowest BCUT2D eigenvalue weighted by Gasteiger charge is -2.30. The number of nitrogen functional groups attached to an aromatic ring is 1. The minimum Gasteiger partial charge on any atom is -0.398 e. The van der Waals surface area contributed by atoms with E-state index in [9.17, 15) is 8.42 Å². The van der Waals surface area contributed by atoms with Crippen LogP contribution < -0.4 is 10.5 Å². The Hall–Kier alpha value is -1.15. The van der Waals surface area contributed by atoms with Crippen molar-refractivity contribution >= 4 is 15.7 Å². The summed E-state index contributed by atoms with van der Waals surface area (Å²) in [6.07, 6.45) is -0.119. The summed E-state index contributed by atoms with van der Waals surface area (Å²) in [6, 6.07) is 4.74. The smallest absolute Gasteiger partial charge is 0.240 e. The average Bonchev–Trinajstić information content (AvgIpc) is 2.40. The minimum absolute atomic E-state index is 0.119. The lowest BCUT2D eigenvalue weighted by molar-refractivity contribution is -0.0156. The molecular formula is C13H21N3O3S. The van der Waals surface area contributed by atoms with Crippen LogP contribution in [-0.4, -0.2) is 52.7 Å². The third-order valence-electron chi connectivity index (χ3n) is 3.40. The van der Waals surface area contributed by atoms with Gasteiger partial charge in [0.05, 0.1) is 17.6 Å². The molecule has 0 saturated carbocycles. The van der Waals surface area contributed by atoms with E-state index in [0.717, 1.165) is 18.7 Å². The number of sulfonamides is 1. The first-order valence-electron chi connectivity index (χ1n) is 6.54. The van der Waals surface area contributed by atoms with Crippen molar-refractivity contribution < 1.29 is 13.2 Å². The normalized spacial score (nSPS) is 21.0. The van der Waals surface area contributed by atoms with Gasteiger partial charge in [-0.1, -0.05) is 6.07 Å². The maximum absolute atomic E-state index is 12.2. The predicted octanol–water partition coefficient (Wildman–Crippen LogP) is 0.186. The van der Waals surface area contributed by atoms with E-state index in [4.69, 9.17) is 10.5 Å². The number of aryl methyl sites for hydroxylation is 1. The standard InChI is InChI=1S/C13H21N3O3S/c1-10-3-4-12(7-13(10)14)20(17,18)15-8-11-9-16(2)5-6-19-11/h3-4,7,11,15H,5-6,8-9,14H2,1-2H3. The summed E-state index contributed by atoms with van der Waals surface area (Å²) in [5.41, 5.74) is 7.09. The van der Waals surface area contributed by atoms with Crippen LogP contribution in [-0.2, 0) is 14.8 Å². The van der Waals surface area contributed by atoms with Gasteiger partial charge in [-0.3, -0.25) is 0 Å². The number of nitrogens with two attached hydrogens (primary N) is 1. The van der Waals surface area contributed by atoms with Crippen LogP contribution in [0.3, 0.4) is 0 Å². The molecule has 0 spiro atoms. The molecule has 1 saturated heterocycles. The Morgan fingerprint density at radius 1 is 1.50 bits per heavy atom. The Morgan fingerprint density at radius 2 is 2.25 bits per heavy atom. The van der Waals surface area contributed by atoms with Crippen molar-refractivity contribution in [1.29, 1.82) is 0 Å². The summed E-state index contributed by atoms with van der Waals surface area (Å²) in [5, 5.41) is 0. The third kappa shape index (κ3) is 3.69. The summed E-state index contributed by atoms with van der Waals surface area (Å²) < 4.78 is 32.5. The van der Waals surface area contributed by atoms with Crippen molar-refractivity contribution in [1.82, 2.24) is 9.62 Å². The van der Waals surface area contributed by atoms with Crippen molar-refractivity contribution in [2.75, 3.05) is 39.0 Å². The largest absolute Gasteiger partial charge is 0.398 e. The Labute approximate surface area is 120 Å². The monoisotopic (exact) mass is 299 g/mol. The number of morpholine rings is 1. The van der Waals surface area contributed by atoms with Crippen LogP contribution in [0.1, 0.15) is 5.56 Å². The van der Waals surface area contributed by atoms with Crippen LogP contribution in [0.5, 0.6) is 0 Å². The number of rotatable bonds is 4. The molecule has 20 heavy (non-hydrogen) atoms. The van der Waals surface area contributed by atoms with Gasteiger partial charge in [-0.05, 0) is 31.7 Å². The zero-order valence-electron chi connectivity index (χ0n) is 11.8. The molecule has 1 aliphatic heterocycles. The van der Waals surface area contributed by atoms with Crippen LogP contribution >= 0.6 is 0 Å². The van der Waals surface area contributed by atoms with Crippen molar-refractivity contribution in [2.24, 2.45) is 0 Å². The second-order valence-corrected chi connectivity index (χ2v) is 6.89. The highest BCUT2D eigenvalue weighted by atomic mass is 32.2. The molecule has 1 aliphatic rings. The fraction of sp³-hybridized carbons (Fsp3) is 0.538. The van der Waals surface area contributed by atoms with Gasteiger partial charge >= 0.3 is 0 Å². The third-order valence-corrected chi connectivity index (χ3v) is 4.83. The van der Waals surface area contributed by atoms with E-state index in [1.54, 1.807) is 12.1 Å². The number of hydrogen-bond donors (Lipinski definition) is 2. The Kier molecular flexibility index (Phi) is 4.64. The van der Waals surface area contributed by atoms with Crippen LogP contribution in [0.2, 0.25) is 0 Å². The fourth-order valence-electron chi connectivity index (χ4n) is 2.06. The molecule has 1 unspecified atom stereocenters. The predicted molar refractivity (Wildman–Crippen MR) is 78.0 cm³/mol. The lowest BCUT2D eigenvalue weighted by atomic mass is 10.2. The van der Waals surface area contributed by atoms with Crippen molar-refractivity contribution in [2.45, 2.75) is 17.9 Å². The van der Waals surface area contributed by atoms with E-state index >= 15 is 0 Å². The van der Waals surface area contributed by atoms with Crippen LogP contribution in [0.15, 0.2) is 23.1 Å². The molecule has 1 heterocycles. The van der Waals surface area contributed by atoms with E-state index in [2.05, 4.69) is 9.62 Å². The molecule has 112 valence electrons. The highest BCUT2D eigenvalue weighted by molar-refractivity contribution is 7.89. The molecule has 7 heteroatoms. The zero-order valence-corrected chi connectivity index (χ0v) is 12.6. The Balaban J connectivity index is 2.01. The van der Waals surface area contributed by atoms with E-state index in [1.165, 1.54) is 6.07 Å². The zero-order chi connectivity index (χ0) is 14.8. The molecule has 0 bridgehead atoms. The van der Waals surface area contributed by atoms with Gasteiger partial charge in [-0.2, -0.15) is 0 Å². The summed E-state index contributed by atoms with van der Waals surface area (Å²) in [7, 11) is -1.55. The molecule has 0 aromatic heterocycles. The number of anilines is 1. The van der Waals surface area contributed by atoms with E-state index < -0.39 is 10.0 Å². The highest BCUT2D eigenvalue weighted by Gasteiger charge is 2.21. The van der Waals surface area contributed by atoms with Gasteiger partial charge in [0, 0.05) is 25.3 Å².